The molecule has 3 nitrogen and oxygen atoms in total. The first-order chi connectivity index (χ1) is 9.65. The van der Waals surface area contributed by atoms with Crippen molar-refractivity contribution in [2.75, 3.05) is 5.01 Å². The van der Waals surface area contributed by atoms with Gasteiger partial charge in [0.1, 0.15) is 5.82 Å². The highest BCUT2D eigenvalue weighted by atomic mass is 19.1. The van der Waals surface area contributed by atoms with Crippen molar-refractivity contribution in [2.45, 2.75) is 13.3 Å². The van der Waals surface area contributed by atoms with E-state index in [-0.39, 0.29) is 18.1 Å². The Balaban J connectivity index is 1.98. The van der Waals surface area contributed by atoms with E-state index in [1.807, 2.05) is 30.3 Å². The van der Waals surface area contributed by atoms with E-state index in [1.165, 1.54) is 17.1 Å². The Bertz CT molecular complexity index is 695. The van der Waals surface area contributed by atoms with Crippen LogP contribution < -0.4 is 5.01 Å². The molecule has 2 aromatic carbocycles. The summed E-state index contributed by atoms with van der Waals surface area (Å²) >= 11 is 0. The van der Waals surface area contributed by atoms with E-state index in [0.29, 0.717) is 11.3 Å². The van der Waals surface area contributed by atoms with Gasteiger partial charge in [0.15, 0.2) is 0 Å². The number of hydrazone groups is 1. The number of amides is 1. The zero-order valence-corrected chi connectivity index (χ0v) is 11.0. The highest BCUT2D eigenvalue weighted by Crippen LogP contribution is 2.26. The number of carbonyl (C=O) groups is 1. The van der Waals surface area contributed by atoms with Crippen molar-refractivity contribution in [1.82, 2.24) is 0 Å². The number of hydrogen-bond acceptors (Lipinski definition) is 2. The van der Waals surface area contributed by atoms with Crippen LogP contribution >= 0.6 is 0 Å². The van der Waals surface area contributed by atoms with E-state index in [0.717, 1.165) is 11.3 Å². The van der Waals surface area contributed by atoms with Gasteiger partial charge in [-0.2, -0.15) is 10.1 Å². The molecule has 2 aromatic rings. The number of aryl methyl sites for hydroxylation is 1. The number of rotatable bonds is 2. The van der Waals surface area contributed by atoms with Crippen LogP contribution in [0.15, 0.2) is 53.6 Å². The van der Waals surface area contributed by atoms with Crippen LogP contribution in [-0.2, 0) is 4.79 Å². The average Bonchev–Trinajstić information content (AvgIpc) is 2.82. The molecule has 4 heteroatoms. The van der Waals surface area contributed by atoms with Gasteiger partial charge in [0.25, 0.3) is 5.91 Å². The number of nitrogens with zero attached hydrogens (tertiary/aromatic N) is 2. The monoisotopic (exact) mass is 268 g/mol. The predicted molar refractivity (Wildman–Crippen MR) is 76.2 cm³/mol. The molecule has 100 valence electrons. The zero-order valence-electron chi connectivity index (χ0n) is 11.0. The number of anilines is 1. The lowest BCUT2D eigenvalue weighted by Gasteiger charge is -2.14. The Morgan fingerprint density at radius 3 is 2.60 bits per heavy atom. The lowest BCUT2D eigenvalue weighted by molar-refractivity contribution is -0.116. The van der Waals surface area contributed by atoms with Gasteiger partial charge >= 0.3 is 0 Å². The fraction of sp³-hybridized carbons (Fsp3) is 0.125. The summed E-state index contributed by atoms with van der Waals surface area (Å²) in [5.74, 6) is -0.413. The highest BCUT2D eigenvalue weighted by Gasteiger charge is 2.26. The smallest absolute Gasteiger partial charge is 0.253 e. The second kappa shape index (κ2) is 4.89. The lowest BCUT2D eigenvalue weighted by atomic mass is 10.1. The maximum absolute atomic E-state index is 13.1. The van der Waals surface area contributed by atoms with Crippen LogP contribution in [0.25, 0.3) is 0 Å². The van der Waals surface area contributed by atoms with Crippen molar-refractivity contribution in [3.8, 4) is 0 Å². The molecule has 1 aliphatic rings. The molecule has 0 saturated heterocycles. The van der Waals surface area contributed by atoms with Gasteiger partial charge < -0.3 is 0 Å². The SMILES string of the molecule is Cc1cc(F)ccc1N1N=C(c2ccccc2)CC1=O. The third-order valence-electron chi connectivity index (χ3n) is 3.27. The Morgan fingerprint density at radius 1 is 1.15 bits per heavy atom. The van der Waals surface area contributed by atoms with Crippen LogP contribution in [0.5, 0.6) is 0 Å². The second-order valence-electron chi connectivity index (χ2n) is 4.73. The van der Waals surface area contributed by atoms with Crippen molar-refractivity contribution < 1.29 is 9.18 Å². The Kier molecular flexibility index (Phi) is 3.06. The maximum atomic E-state index is 13.1. The number of benzene rings is 2. The topological polar surface area (TPSA) is 32.7 Å². The minimum Gasteiger partial charge on any atom is -0.272 e. The summed E-state index contributed by atoms with van der Waals surface area (Å²) in [6, 6.07) is 13.9. The van der Waals surface area contributed by atoms with Crippen molar-refractivity contribution in [1.29, 1.82) is 0 Å². The fourth-order valence-electron chi connectivity index (χ4n) is 2.27. The molecule has 3 rings (SSSR count). The van der Waals surface area contributed by atoms with Gasteiger partial charge in [-0.3, -0.25) is 4.79 Å². The quantitative estimate of drug-likeness (QED) is 0.822. The summed E-state index contributed by atoms with van der Waals surface area (Å²) in [5.41, 5.74) is 2.99. The summed E-state index contributed by atoms with van der Waals surface area (Å²) in [5, 5.41) is 5.74. The third kappa shape index (κ3) is 2.20. The molecule has 0 unspecified atom stereocenters. The Labute approximate surface area is 116 Å². The number of carbonyl (C=O) groups excluding carboxylic acids is 1. The van der Waals surface area contributed by atoms with Gasteiger partial charge in [0.2, 0.25) is 0 Å². The van der Waals surface area contributed by atoms with E-state index in [4.69, 9.17) is 0 Å². The molecule has 0 radical (unpaired) electrons. The lowest BCUT2D eigenvalue weighted by Crippen LogP contribution is -2.20. The number of hydrogen-bond donors (Lipinski definition) is 0. The number of halogens is 1. The van der Waals surface area contributed by atoms with E-state index in [9.17, 15) is 9.18 Å². The van der Waals surface area contributed by atoms with Gasteiger partial charge in [-0.1, -0.05) is 30.3 Å². The predicted octanol–water partition coefficient (Wildman–Crippen LogP) is 3.28. The van der Waals surface area contributed by atoms with Crippen LogP contribution in [0.2, 0.25) is 0 Å². The first-order valence-corrected chi connectivity index (χ1v) is 6.37. The van der Waals surface area contributed by atoms with Crippen LogP contribution in [0.3, 0.4) is 0 Å². The van der Waals surface area contributed by atoms with Crippen molar-refractivity contribution >= 4 is 17.3 Å². The largest absolute Gasteiger partial charge is 0.272 e. The molecule has 1 heterocycles. The summed E-state index contributed by atoms with van der Waals surface area (Å²) in [6.07, 6.45) is 0.265. The summed E-state index contributed by atoms with van der Waals surface area (Å²) in [4.78, 5) is 12.1. The molecule has 0 saturated carbocycles. The first-order valence-electron chi connectivity index (χ1n) is 6.37. The fourth-order valence-corrected chi connectivity index (χ4v) is 2.27. The van der Waals surface area contributed by atoms with Crippen molar-refractivity contribution in [3.63, 3.8) is 0 Å². The molecule has 0 fully saturated rings. The van der Waals surface area contributed by atoms with Gasteiger partial charge in [-0.05, 0) is 36.2 Å². The Hall–Kier alpha value is -2.49. The summed E-state index contributed by atoms with van der Waals surface area (Å²) in [7, 11) is 0. The normalized spacial score (nSPS) is 14.6. The molecule has 20 heavy (non-hydrogen) atoms. The molecular formula is C16H13FN2O. The van der Waals surface area contributed by atoms with E-state index in [1.54, 1.807) is 13.0 Å². The second-order valence-corrected chi connectivity index (χ2v) is 4.73. The van der Waals surface area contributed by atoms with Gasteiger partial charge in [0.05, 0.1) is 17.8 Å². The molecular weight excluding hydrogens is 255 g/mol. The molecule has 0 N–H and O–H groups in total. The van der Waals surface area contributed by atoms with Crippen molar-refractivity contribution in [2.24, 2.45) is 5.10 Å². The summed E-state index contributed by atoms with van der Waals surface area (Å²) in [6.45, 7) is 1.77. The first kappa shape index (κ1) is 12.5. The average molecular weight is 268 g/mol. The minimum atomic E-state index is -0.315. The zero-order chi connectivity index (χ0) is 14.1. The molecule has 0 aromatic heterocycles. The molecule has 1 aliphatic heterocycles. The molecule has 0 atom stereocenters. The molecule has 0 bridgehead atoms. The highest BCUT2D eigenvalue weighted by molar-refractivity contribution is 6.19. The van der Waals surface area contributed by atoms with Gasteiger partial charge in [0, 0.05) is 0 Å². The summed E-state index contributed by atoms with van der Waals surface area (Å²) < 4.78 is 13.1. The molecule has 0 aliphatic carbocycles. The van der Waals surface area contributed by atoms with E-state index in [2.05, 4.69) is 5.10 Å². The van der Waals surface area contributed by atoms with Crippen LogP contribution in [-0.4, -0.2) is 11.6 Å². The minimum absolute atomic E-state index is 0.0986. The Morgan fingerprint density at radius 2 is 1.90 bits per heavy atom. The van der Waals surface area contributed by atoms with E-state index < -0.39 is 0 Å². The van der Waals surface area contributed by atoms with Gasteiger partial charge in [-0.15, -0.1) is 0 Å². The third-order valence-corrected chi connectivity index (χ3v) is 3.27. The van der Waals surface area contributed by atoms with Crippen LogP contribution in [0.4, 0.5) is 10.1 Å². The maximum Gasteiger partial charge on any atom is 0.253 e. The van der Waals surface area contributed by atoms with E-state index >= 15 is 0 Å². The van der Waals surface area contributed by atoms with Crippen LogP contribution in [0.1, 0.15) is 17.5 Å². The molecule has 0 spiro atoms. The standard InChI is InChI=1S/C16H13FN2O/c1-11-9-13(17)7-8-15(11)19-16(20)10-14(18-19)12-5-3-2-4-6-12/h2-9H,10H2,1H3. The van der Waals surface area contributed by atoms with Gasteiger partial charge in [-0.25, -0.2) is 4.39 Å². The van der Waals surface area contributed by atoms with Crippen molar-refractivity contribution in [3.05, 3.63) is 65.5 Å². The molecule has 1 amide bonds. The van der Waals surface area contributed by atoms with Crippen LogP contribution in [0, 0.1) is 12.7 Å².